The summed E-state index contributed by atoms with van der Waals surface area (Å²) in [7, 11) is -3.72. The molecule has 2 N–H and O–H groups in total. The highest BCUT2D eigenvalue weighted by molar-refractivity contribution is 7.92. The van der Waals surface area contributed by atoms with Crippen molar-refractivity contribution in [3.63, 3.8) is 0 Å². The molecule has 0 heterocycles. The number of aryl methyl sites for hydroxylation is 2. The van der Waals surface area contributed by atoms with Crippen LogP contribution >= 0.6 is 0 Å². The maximum Gasteiger partial charge on any atom is 0.261 e. The van der Waals surface area contributed by atoms with Crippen LogP contribution in [0.4, 0.5) is 5.69 Å². The predicted octanol–water partition coefficient (Wildman–Crippen LogP) is 4.03. The van der Waals surface area contributed by atoms with Crippen molar-refractivity contribution in [2.75, 3.05) is 4.72 Å². The first-order chi connectivity index (χ1) is 13.3. The van der Waals surface area contributed by atoms with Gasteiger partial charge in [0.15, 0.2) is 0 Å². The summed E-state index contributed by atoms with van der Waals surface area (Å²) in [6.07, 6.45) is 0. The Morgan fingerprint density at radius 2 is 1.50 bits per heavy atom. The molecular weight excluding hydrogens is 372 g/mol. The molecule has 0 unspecified atom stereocenters. The van der Waals surface area contributed by atoms with E-state index in [-0.39, 0.29) is 10.8 Å². The molecule has 0 aliphatic carbocycles. The smallest absolute Gasteiger partial charge is 0.261 e. The minimum absolute atomic E-state index is 0.103. The lowest BCUT2D eigenvalue weighted by molar-refractivity contribution is 0.0951. The quantitative estimate of drug-likeness (QED) is 0.663. The summed E-state index contributed by atoms with van der Waals surface area (Å²) in [4.78, 5) is 12.4. The van der Waals surface area contributed by atoms with Crippen molar-refractivity contribution < 1.29 is 13.2 Å². The average molecular weight is 394 g/mol. The van der Waals surface area contributed by atoms with E-state index in [1.54, 1.807) is 12.1 Å². The maximum atomic E-state index is 12.6. The zero-order valence-corrected chi connectivity index (χ0v) is 16.6. The molecule has 3 aromatic carbocycles. The Kier molecular flexibility index (Phi) is 5.80. The second kappa shape index (κ2) is 8.27. The van der Waals surface area contributed by atoms with E-state index >= 15 is 0 Å². The van der Waals surface area contributed by atoms with E-state index in [1.807, 2.05) is 50.2 Å². The number of rotatable bonds is 6. The van der Waals surface area contributed by atoms with E-state index in [1.165, 1.54) is 24.3 Å². The molecule has 3 rings (SSSR count). The van der Waals surface area contributed by atoms with Crippen LogP contribution in [0.2, 0.25) is 0 Å². The van der Waals surface area contributed by atoms with E-state index in [2.05, 4.69) is 10.0 Å². The van der Waals surface area contributed by atoms with Crippen LogP contribution in [0, 0.1) is 13.8 Å². The second-order valence-electron chi connectivity index (χ2n) is 6.61. The van der Waals surface area contributed by atoms with Gasteiger partial charge in [0.1, 0.15) is 0 Å². The summed E-state index contributed by atoms with van der Waals surface area (Å²) in [6, 6.07) is 20.9. The molecule has 0 fully saturated rings. The fraction of sp³-hybridized carbons (Fsp3) is 0.136. The Hall–Kier alpha value is -3.12. The number of para-hydroxylation sites is 1. The minimum atomic E-state index is -3.72. The number of benzene rings is 3. The molecule has 5 nitrogen and oxygen atoms in total. The van der Waals surface area contributed by atoms with Crippen LogP contribution in [0.3, 0.4) is 0 Å². The topological polar surface area (TPSA) is 75.3 Å². The van der Waals surface area contributed by atoms with Crippen molar-refractivity contribution >= 4 is 21.6 Å². The number of carbonyl (C=O) groups is 1. The van der Waals surface area contributed by atoms with Gasteiger partial charge in [-0.1, -0.05) is 48.0 Å². The normalized spacial score (nSPS) is 11.1. The van der Waals surface area contributed by atoms with Gasteiger partial charge in [-0.05, 0) is 55.3 Å². The number of anilines is 1. The van der Waals surface area contributed by atoms with Crippen LogP contribution in [-0.2, 0) is 16.6 Å². The average Bonchev–Trinajstić information content (AvgIpc) is 2.69. The SMILES string of the molecule is Cc1ccc(CNC(=O)c2ccc(S(=O)(=O)Nc3ccccc3C)cc2)cc1. The third-order valence-electron chi connectivity index (χ3n) is 4.39. The van der Waals surface area contributed by atoms with Gasteiger partial charge in [0, 0.05) is 12.1 Å². The summed E-state index contributed by atoms with van der Waals surface area (Å²) in [5.41, 5.74) is 3.93. The van der Waals surface area contributed by atoms with Crippen molar-refractivity contribution in [1.29, 1.82) is 0 Å². The lowest BCUT2D eigenvalue weighted by Crippen LogP contribution is -2.23. The van der Waals surface area contributed by atoms with Crippen LogP contribution in [0.25, 0.3) is 0 Å². The molecule has 0 spiro atoms. The van der Waals surface area contributed by atoms with E-state index in [9.17, 15) is 13.2 Å². The first-order valence-electron chi connectivity index (χ1n) is 8.87. The number of hydrogen-bond acceptors (Lipinski definition) is 3. The first kappa shape index (κ1) is 19.6. The van der Waals surface area contributed by atoms with Gasteiger partial charge in [0.05, 0.1) is 10.6 Å². The van der Waals surface area contributed by atoms with Crippen LogP contribution in [-0.4, -0.2) is 14.3 Å². The van der Waals surface area contributed by atoms with Crippen molar-refractivity contribution in [2.24, 2.45) is 0 Å². The zero-order valence-electron chi connectivity index (χ0n) is 15.8. The number of carbonyl (C=O) groups excluding carboxylic acids is 1. The minimum Gasteiger partial charge on any atom is -0.348 e. The molecule has 0 aromatic heterocycles. The van der Waals surface area contributed by atoms with E-state index in [0.717, 1.165) is 16.7 Å². The summed E-state index contributed by atoms with van der Waals surface area (Å²) >= 11 is 0. The molecular formula is C22H22N2O3S. The molecule has 3 aromatic rings. The van der Waals surface area contributed by atoms with Gasteiger partial charge in [0.2, 0.25) is 0 Å². The van der Waals surface area contributed by atoms with Crippen LogP contribution in [0.5, 0.6) is 0 Å². The lowest BCUT2D eigenvalue weighted by Gasteiger charge is -2.11. The Labute approximate surface area is 165 Å². The Morgan fingerprint density at radius 3 is 2.14 bits per heavy atom. The summed E-state index contributed by atoms with van der Waals surface area (Å²) in [5, 5.41) is 2.84. The number of hydrogen-bond donors (Lipinski definition) is 2. The van der Waals surface area contributed by atoms with E-state index in [4.69, 9.17) is 0 Å². The number of sulfonamides is 1. The van der Waals surface area contributed by atoms with E-state index in [0.29, 0.717) is 17.8 Å². The summed E-state index contributed by atoms with van der Waals surface area (Å²) in [5.74, 6) is -0.253. The maximum absolute atomic E-state index is 12.6. The molecule has 6 heteroatoms. The van der Waals surface area contributed by atoms with Gasteiger partial charge < -0.3 is 5.32 Å². The number of amides is 1. The van der Waals surface area contributed by atoms with Gasteiger partial charge in [0.25, 0.3) is 15.9 Å². The molecule has 0 radical (unpaired) electrons. The van der Waals surface area contributed by atoms with Crippen molar-refractivity contribution in [2.45, 2.75) is 25.3 Å². The van der Waals surface area contributed by atoms with Gasteiger partial charge in [-0.15, -0.1) is 0 Å². The number of nitrogens with one attached hydrogen (secondary N) is 2. The predicted molar refractivity (Wildman–Crippen MR) is 111 cm³/mol. The third kappa shape index (κ3) is 4.78. The van der Waals surface area contributed by atoms with Gasteiger partial charge in [-0.2, -0.15) is 0 Å². The van der Waals surface area contributed by atoms with Crippen molar-refractivity contribution in [3.8, 4) is 0 Å². The van der Waals surface area contributed by atoms with Crippen LogP contribution in [0.1, 0.15) is 27.0 Å². The fourth-order valence-corrected chi connectivity index (χ4v) is 3.80. The van der Waals surface area contributed by atoms with Crippen LogP contribution < -0.4 is 10.0 Å². The molecule has 0 bridgehead atoms. The molecule has 0 saturated carbocycles. The Morgan fingerprint density at radius 1 is 0.857 bits per heavy atom. The van der Waals surface area contributed by atoms with Crippen LogP contribution in [0.15, 0.2) is 77.7 Å². The third-order valence-corrected chi connectivity index (χ3v) is 5.77. The first-order valence-corrected chi connectivity index (χ1v) is 10.4. The molecule has 28 heavy (non-hydrogen) atoms. The van der Waals surface area contributed by atoms with Gasteiger partial charge in [-0.3, -0.25) is 9.52 Å². The molecule has 1 amide bonds. The molecule has 0 atom stereocenters. The highest BCUT2D eigenvalue weighted by atomic mass is 32.2. The Bertz CT molecular complexity index is 1070. The fourth-order valence-electron chi connectivity index (χ4n) is 2.67. The molecule has 0 saturated heterocycles. The molecule has 144 valence electrons. The van der Waals surface area contributed by atoms with Gasteiger partial charge in [-0.25, -0.2) is 8.42 Å². The van der Waals surface area contributed by atoms with Crippen molar-refractivity contribution in [3.05, 3.63) is 95.1 Å². The summed E-state index contributed by atoms with van der Waals surface area (Å²) < 4.78 is 27.7. The summed E-state index contributed by atoms with van der Waals surface area (Å²) in [6.45, 7) is 4.25. The Balaban J connectivity index is 1.67. The second-order valence-corrected chi connectivity index (χ2v) is 8.30. The van der Waals surface area contributed by atoms with Gasteiger partial charge >= 0.3 is 0 Å². The zero-order chi connectivity index (χ0) is 20.1. The monoisotopic (exact) mass is 394 g/mol. The van der Waals surface area contributed by atoms with E-state index < -0.39 is 10.0 Å². The highest BCUT2D eigenvalue weighted by Gasteiger charge is 2.16. The highest BCUT2D eigenvalue weighted by Crippen LogP contribution is 2.19. The molecule has 0 aliphatic heterocycles. The lowest BCUT2D eigenvalue weighted by atomic mass is 10.1. The largest absolute Gasteiger partial charge is 0.348 e. The standard InChI is InChI=1S/C22H22N2O3S/c1-16-7-9-18(10-8-16)15-23-22(25)19-11-13-20(14-12-19)28(26,27)24-21-6-4-3-5-17(21)2/h3-14,24H,15H2,1-2H3,(H,23,25). The molecule has 0 aliphatic rings. The van der Waals surface area contributed by atoms with Crippen molar-refractivity contribution in [1.82, 2.24) is 5.32 Å².